The molecule has 156 valence electrons. The lowest BCUT2D eigenvalue weighted by Crippen LogP contribution is -2.16. The summed E-state index contributed by atoms with van der Waals surface area (Å²) in [5.41, 5.74) is 0.458. The van der Waals surface area contributed by atoms with E-state index in [9.17, 15) is 23.1 Å². The Morgan fingerprint density at radius 3 is 2.60 bits per heavy atom. The molecule has 0 aliphatic heterocycles. The number of carbonyl (C=O) groups excluding carboxylic acids is 1. The van der Waals surface area contributed by atoms with Crippen LogP contribution in [0.1, 0.15) is 5.69 Å². The minimum absolute atomic E-state index is 0.0264. The third-order valence-electron chi connectivity index (χ3n) is 3.52. The molecule has 0 aliphatic carbocycles. The molecule has 3 aromatic rings. The number of H-pyrrole nitrogens is 1. The standard InChI is InChI=1S/C17H16N6O5S2/c1-10-6-7-18-16(19-10)23-30(27,28)12-4-2-11(3-5-12)20-15(26)9-29-17-21-13(24)8-14(25)22-17/h2-8H,9H2,1H3,(H,20,26)(H,18,19,23)(H2,21,22,24,25). The van der Waals surface area contributed by atoms with E-state index in [0.29, 0.717) is 11.4 Å². The molecule has 13 heteroatoms. The number of hydrogen-bond donors (Lipinski definition) is 4. The van der Waals surface area contributed by atoms with E-state index < -0.39 is 27.4 Å². The summed E-state index contributed by atoms with van der Waals surface area (Å²) >= 11 is 0.927. The molecule has 0 saturated heterocycles. The Labute approximate surface area is 175 Å². The summed E-state index contributed by atoms with van der Waals surface area (Å²) in [5, 5.41) is 12.0. The van der Waals surface area contributed by atoms with Gasteiger partial charge in [-0.05, 0) is 37.3 Å². The number of aromatic nitrogens is 4. The lowest BCUT2D eigenvalue weighted by molar-refractivity contribution is -0.113. The van der Waals surface area contributed by atoms with Gasteiger partial charge in [-0.2, -0.15) is 4.98 Å². The summed E-state index contributed by atoms with van der Waals surface area (Å²) in [4.78, 5) is 37.2. The lowest BCUT2D eigenvalue weighted by atomic mass is 10.3. The molecular weight excluding hydrogens is 432 g/mol. The van der Waals surface area contributed by atoms with Gasteiger partial charge in [-0.15, -0.1) is 0 Å². The van der Waals surface area contributed by atoms with Gasteiger partial charge < -0.3 is 15.4 Å². The van der Waals surface area contributed by atoms with Gasteiger partial charge in [-0.3, -0.25) is 9.59 Å². The van der Waals surface area contributed by atoms with Gasteiger partial charge in [-0.1, -0.05) is 11.8 Å². The molecule has 11 nitrogen and oxygen atoms in total. The van der Waals surface area contributed by atoms with E-state index in [1.807, 2.05) is 0 Å². The van der Waals surface area contributed by atoms with Crippen LogP contribution in [0.4, 0.5) is 11.6 Å². The number of aryl methyl sites for hydroxylation is 1. The van der Waals surface area contributed by atoms with Gasteiger partial charge in [0.25, 0.3) is 15.6 Å². The van der Waals surface area contributed by atoms with Gasteiger partial charge in [-0.25, -0.2) is 23.1 Å². The average Bonchev–Trinajstić information content (AvgIpc) is 2.66. The zero-order valence-corrected chi connectivity index (χ0v) is 17.1. The predicted octanol–water partition coefficient (Wildman–Crippen LogP) is 1.11. The molecule has 2 aromatic heterocycles. The summed E-state index contributed by atoms with van der Waals surface area (Å²) in [6.45, 7) is 1.71. The molecule has 1 amide bonds. The molecule has 0 bridgehead atoms. The van der Waals surface area contributed by atoms with Crippen molar-refractivity contribution in [2.75, 3.05) is 15.8 Å². The van der Waals surface area contributed by atoms with Crippen molar-refractivity contribution in [1.82, 2.24) is 19.9 Å². The summed E-state index contributed by atoms with van der Waals surface area (Å²) in [6.07, 6.45) is 1.44. The van der Waals surface area contributed by atoms with Gasteiger partial charge >= 0.3 is 0 Å². The molecule has 30 heavy (non-hydrogen) atoms. The maximum atomic E-state index is 12.4. The van der Waals surface area contributed by atoms with E-state index in [2.05, 4.69) is 30.0 Å². The number of aromatic hydroxyl groups is 1. The minimum atomic E-state index is -3.89. The predicted molar refractivity (Wildman–Crippen MR) is 110 cm³/mol. The van der Waals surface area contributed by atoms with Gasteiger partial charge in [0.05, 0.1) is 16.7 Å². The summed E-state index contributed by atoms with van der Waals surface area (Å²) in [6, 6.07) is 8.08. The van der Waals surface area contributed by atoms with Crippen molar-refractivity contribution in [1.29, 1.82) is 0 Å². The van der Waals surface area contributed by atoms with Crippen LogP contribution in [0.5, 0.6) is 5.88 Å². The number of amides is 1. The lowest BCUT2D eigenvalue weighted by Gasteiger charge is -2.09. The highest BCUT2D eigenvalue weighted by Gasteiger charge is 2.16. The normalized spacial score (nSPS) is 11.1. The highest BCUT2D eigenvalue weighted by molar-refractivity contribution is 7.99. The van der Waals surface area contributed by atoms with E-state index in [4.69, 9.17) is 0 Å². The number of benzene rings is 1. The molecule has 3 rings (SSSR count). The van der Waals surface area contributed by atoms with Crippen molar-refractivity contribution in [3.63, 3.8) is 0 Å². The second kappa shape index (κ2) is 8.92. The highest BCUT2D eigenvalue weighted by atomic mass is 32.2. The van der Waals surface area contributed by atoms with Crippen LogP contribution in [0.3, 0.4) is 0 Å². The first-order valence-corrected chi connectivity index (χ1v) is 10.8. The fourth-order valence-electron chi connectivity index (χ4n) is 2.22. The molecule has 0 unspecified atom stereocenters. The highest BCUT2D eigenvalue weighted by Crippen LogP contribution is 2.18. The number of nitrogens with one attached hydrogen (secondary N) is 3. The topological polar surface area (TPSA) is 167 Å². The monoisotopic (exact) mass is 448 g/mol. The Balaban J connectivity index is 1.60. The number of thioether (sulfide) groups is 1. The Morgan fingerprint density at radius 2 is 1.93 bits per heavy atom. The number of carbonyl (C=O) groups is 1. The zero-order chi connectivity index (χ0) is 21.7. The van der Waals surface area contributed by atoms with Crippen molar-refractivity contribution < 1.29 is 18.3 Å². The minimum Gasteiger partial charge on any atom is -0.493 e. The number of nitrogens with zero attached hydrogens (tertiary/aromatic N) is 3. The van der Waals surface area contributed by atoms with Crippen molar-refractivity contribution in [2.24, 2.45) is 0 Å². The summed E-state index contributed by atoms with van der Waals surface area (Å²) in [5.74, 6) is -0.974. The van der Waals surface area contributed by atoms with E-state index in [1.165, 1.54) is 30.5 Å². The van der Waals surface area contributed by atoms with Crippen molar-refractivity contribution in [3.05, 3.63) is 58.6 Å². The summed E-state index contributed by atoms with van der Waals surface area (Å²) in [7, 11) is -3.89. The molecular formula is C17H16N6O5S2. The van der Waals surface area contributed by atoms with Crippen molar-refractivity contribution in [3.8, 4) is 5.88 Å². The molecule has 0 saturated carbocycles. The van der Waals surface area contributed by atoms with Crippen LogP contribution < -0.4 is 15.6 Å². The molecule has 0 fully saturated rings. The average molecular weight is 448 g/mol. The van der Waals surface area contributed by atoms with Gasteiger partial charge in [0.15, 0.2) is 5.16 Å². The molecule has 2 heterocycles. The number of rotatable bonds is 7. The number of anilines is 2. The molecule has 0 atom stereocenters. The number of sulfonamides is 1. The maximum absolute atomic E-state index is 12.4. The molecule has 0 aliphatic rings. The van der Waals surface area contributed by atoms with Crippen LogP contribution in [0.15, 0.2) is 57.4 Å². The molecule has 0 radical (unpaired) electrons. The molecule has 0 spiro atoms. The van der Waals surface area contributed by atoms with Gasteiger partial charge in [0.2, 0.25) is 17.7 Å². The van der Waals surface area contributed by atoms with Crippen LogP contribution in [0.25, 0.3) is 0 Å². The van der Waals surface area contributed by atoms with Crippen LogP contribution in [0.2, 0.25) is 0 Å². The van der Waals surface area contributed by atoms with E-state index in [1.54, 1.807) is 13.0 Å². The Hall–Kier alpha value is -3.45. The smallest absolute Gasteiger partial charge is 0.264 e. The third kappa shape index (κ3) is 5.78. The van der Waals surface area contributed by atoms with Crippen molar-refractivity contribution >= 4 is 39.3 Å². The zero-order valence-electron chi connectivity index (χ0n) is 15.5. The van der Waals surface area contributed by atoms with Crippen molar-refractivity contribution in [2.45, 2.75) is 17.0 Å². The second-order valence-corrected chi connectivity index (χ2v) is 8.54. The first-order chi connectivity index (χ1) is 14.2. The number of hydrogen-bond acceptors (Lipinski definition) is 9. The SMILES string of the molecule is Cc1ccnc(NS(=O)(=O)c2ccc(NC(=O)CSc3nc(O)cc(=O)[nH]3)cc2)n1. The quantitative estimate of drug-likeness (QED) is 0.306. The third-order valence-corrected chi connectivity index (χ3v) is 5.73. The Kier molecular flexibility index (Phi) is 6.32. The fourth-order valence-corrected chi connectivity index (χ4v) is 3.84. The van der Waals surface area contributed by atoms with Crippen LogP contribution >= 0.6 is 11.8 Å². The van der Waals surface area contributed by atoms with E-state index >= 15 is 0 Å². The summed E-state index contributed by atoms with van der Waals surface area (Å²) < 4.78 is 27.1. The second-order valence-electron chi connectivity index (χ2n) is 5.90. The first-order valence-electron chi connectivity index (χ1n) is 8.37. The van der Waals surface area contributed by atoms with Gasteiger partial charge in [0, 0.05) is 17.6 Å². The van der Waals surface area contributed by atoms with E-state index in [0.717, 1.165) is 17.8 Å². The Bertz CT molecular complexity index is 1230. The number of aromatic amines is 1. The van der Waals surface area contributed by atoms with Gasteiger partial charge in [0.1, 0.15) is 0 Å². The Morgan fingerprint density at radius 1 is 1.20 bits per heavy atom. The molecule has 1 aromatic carbocycles. The fraction of sp³-hybridized carbons (Fsp3) is 0.118. The largest absolute Gasteiger partial charge is 0.493 e. The maximum Gasteiger partial charge on any atom is 0.264 e. The molecule has 4 N–H and O–H groups in total. The van der Waals surface area contributed by atoms with Crippen LogP contribution in [0, 0.1) is 6.92 Å². The van der Waals surface area contributed by atoms with E-state index in [-0.39, 0.29) is 21.8 Å². The van der Waals surface area contributed by atoms with Crippen LogP contribution in [-0.2, 0) is 14.8 Å². The first kappa shape index (κ1) is 21.3. The van der Waals surface area contributed by atoms with Crippen LogP contribution in [-0.4, -0.2) is 45.1 Å².